The lowest BCUT2D eigenvalue weighted by atomic mass is 9.91. The van der Waals surface area contributed by atoms with Crippen LogP contribution < -0.4 is 16.4 Å². The van der Waals surface area contributed by atoms with E-state index in [2.05, 4.69) is 32.3 Å². The molecule has 0 spiro atoms. The Hall–Kier alpha value is -2.67. The van der Waals surface area contributed by atoms with E-state index in [4.69, 9.17) is 17.3 Å². The Labute approximate surface area is 157 Å². The van der Waals surface area contributed by atoms with E-state index in [1.54, 1.807) is 18.2 Å². The van der Waals surface area contributed by atoms with Gasteiger partial charge < -0.3 is 16.4 Å². The highest BCUT2D eigenvalue weighted by atomic mass is 35.5. The third-order valence-electron chi connectivity index (χ3n) is 4.42. The first-order chi connectivity index (χ1) is 12.6. The van der Waals surface area contributed by atoms with Gasteiger partial charge in [-0.3, -0.25) is 9.79 Å². The zero-order chi connectivity index (χ0) is 18.5. The molecule has 26 heavy (non-hydrogen) atoms. The van der Waals surface area contributed by atoms with Crippen molar-refractivity contribution in [3.63, 3.8) is 0 Å². The van der Waals surface area contributed by atoms with E-state index in [1.165, 1.54) is 6.20 Å². The molecule has 3 rings (SSSR count). The number of nitrogens with two attached hydrogens (primary N) is 1. The number of nitrogens with one attached hydrogen (secondary N) is 2. The highest BCUT2D eigenvalue weighted by Crippen LogP contribution is 2.25. The van der Waals surface area contributed by atoms with Crippen LogP contribution in [0.1, 0.15) is 36.0 Å². The van der Waals surface area contributed by atoms with Gasteiger partial charge in [0.2, 0.25) is 5.95 Å². The SMILES string of the molecule is C=N[C@H]1CCCC[C@H]1Nc1ncc(C(N)=O)c(Nc2cccc(Cl)c2)n1. The normalized spacial score (nSPS) is 19.6. The molecule has 1 aromatic heterocycles. The van der Waals surface area contributed by atoms with Crippen molar-refractivity contribution in [2.75, 3.05) is 10.6 Å². The van der Waals surface area contributed by atoms with Crippen LogP contribution in [0, 0.1) is 0 Å². The molecule has 136 valence electrons. The molecule has 8 heteroatoms. The first kappa shape index (κ1) is 18.1. The van der Waals surface area contributed by atoms with Gasteiger partial charge in [-0.05, 0) is 37.8 Å². The van der Waals surface area contributed by atoms with Gasteiger partial charge in [0.25, 0.3) is 5.91 Å². The zero-order valence-corrected chi connectivity index (χ0v) is 15.0. The number of aromatic nitrogens is 2. The number of amides is 1. The molecule has 1 fully saturated rings. The molecule has 0 radical (unpaired) electrons. The largest absolute Gasteiger partial charge is 0.365 e. The topological polar surface area (TPSA) is 105 Å². The van der Waals surface area contributed by atoms with Crippen molar-refractivity contribution in [3.05, 3.63) is 41.0 Å². The minimum absolute atomic E-state index is 0.125. The molecule has 1 aliphatic carbocycles. The van der Waals surface area contributed by atoms with Gasteiger partial charge in [0.1, 0.15) is 11.4 Å². The minimum atomic E-state index is -0.607. The first-order valence-corrected chi connectivity index (χ1v) is 8.86. The molecule has 0 unspecified atom stereocenters. The summed E-state index contributed by atoms with van der Waals surface area (Å²) in [7, 11) is 0. The van der Waals surface area contributed by atoms with Crippen LogP contribution in [0.4, 0.5) is 17.5 Å². The van der Waals surface area contributed by atoms with E-state index >= 15 is 0 Å². The second-order valence-corrected chi connectivity index (χ2v) is 6.68. The monoisotopic (exact) mass is 372 g/mol. The average molecular weight is 373 g/mol. The number of nitrogens with zero attached hydrogens (tertiary/aromatic N) is 3. The maximum absolute atomic E-state index is 11.7. The molecule has 2 atom stereocenters. The highest BCUT2D eigenvalue weighted by molar-refractivity contribution is 6.30. The molecule has 1 aliphatic rings. The fourth-order valence-electron chi connectivity index (χ4n) is 3.09. The van der Waals surface area contributed by atoms with Crippen molar-refractivity contribution in [2.24, 2.45) is 10.7 Å². The van der Waals surface area contributed by atoms with Gasteiger partial charge in [-0.1, -0.05) is 30.5 Å². The lowest BCUT2D eigenvalue weighted by molar-refractivity contribution is 0.100. The zero-order valence-electron chi connectivity index (χ0n) is 14.3. The number of rotatable bonds is 6. The fourth-order valence-corrected chi connectivity index (χ4v) is 3.28. The molecule has 1 saturated carbocycles. The summed E-state index contributed by atoms with van der Waals surface area (Å²) in [5.74, 6) is 0.139. The fraction of sp³-hybridized carbons (Fsp3) is 0.333. The van der Waals surface area contributed by atoms with E-state index in [9.17, 15) is 4.79 Å². The molecular weight excluding hydrogens is 352 g/mol. The summed E-state index contributed by atoms with van der Waals surface area (Å²) in [6.07, 6.45) is 5.65. The summed E-state index contributed by atoms with van der Waals surface area (Å²) in [6, 6.07) is 7.38. The number of primary amides is 1. The summed E-state index contributed by atoms with van der Waals surface area (Å²) in [6.45, 7) is 3.68. The van der Waals surface area contributed by atoms with Crippen molar-refractivity contribution in [3.8, 4) is 0 Å². The number of benzene rings is 1. The molecule has 2 aromatic rings. The Kier molecular flexibility index (Phi) is 5.68. The number of anilines is 3. The predicted molar refractivity (Wildman–Crippen MR) is 105 cm³/mol. The summed E-state index contributed by atoms with van der Waals surface area (Å²) in [4.78, 5) is 24.6. The second-order valence-electron chi connectivity index (χ2n) is 6.24. The Morgan fingerprint density at radius 2 is 2.15 bits per heavy atom. The number of carbonyl (C=O) groups excluding carboxylic acids is 1. The van der Waals surface area contributed by atoms with Gasteiger partial charge in [0, 0.05) is 16.9 Å². The Morgan fingerprint density at radius 3 is 2.88 bits per heavy atom. The quantitative estimate of drug-likeness (QED) is 0.674. The molecule has 1 aromatic carbocycles. The lowest BCUT2D eigenvalue weighted by Crippen LogP contribution is -2.35. The third-order valence-corrected chi connectivity index (χ3v) is 4.66. The second kappa shape index (κ2) is 8.14. The molecule has 4 N–H and O–H groups in total. The van der Waals surface area contributed by atoms with Gasteiger partial charge >= 0.3 is 0 Å². The van der Waals surface area contributed by atoms with Crippen LogP contribution in [0.15, 0.2) is 35.5 Å². The van der Waals surface area contributed by atoms with Crippen LogP contribution in [0.2, 0.25) is 5.02 Å². The lowest BCUT2D eigenvalue weighted by Gasteiger charge is -2.29. The van der Waals surface area contributed by atoms with Crippen molar-refractivity contribution < 1.29 is 4.79 Å². The highest BCUT2D eigenvalue weighted by Gasteiger charge is 2.25. The average Bonchev–Trinajstić information content (AvgIpc) is 2.62. The summed E-state index contributed by atoms with van der Waals surface area (Å²) in [5, 5.41) is 6.97. The molecular formula is C18H21ClN6O. The van der Waals surface area contributed by atoms with Crippen LogP contribution in [0.3, 0.4) is 0 Å². The third kappa shape index (κ3) is 4.29. The van der Waals surface area contributed by atoms with E-state index in [-0.39, 0.29) is 17.6 Å². The van der Waals surface area contributed by atoms with Crippen molar-refractivity contribution in [1.29, 1.82) is 0 Å². The molecule has 0 aliphatic heterocycles. The van der Waals surface area contributed by atoms with Gasteiger partial charge in [0.15, 0.2) is 0 Å². The number of carbonyl (C=O) groups is 1. The number of hydrogen-bond acceptors (Lipinski definition) is 6. The molecule has 0 bridgehead atoms. The van der Waals surface area contributed by atoms with Crippen molar-refractivity contribution in [2.45, 2.75) is 37.8 Å². The van der Waals surface area contributed by atoms with Crippen molar-refractivity contribution >= 4 is 41.7 Å². The summed E-state index contributed by atoms with van der Waals surface area (Å²) >= 11 is 6.01. The van der Waals surface area contributed by atoms with Gasteiger partial charge in [-0.25, -0.2) is 4.98 Å². The van der Waals surface area contributed by atoms with Crippen LogP contribution in [0.5, 0.6) is 0 Å². The van der Waals surface area contributed by atoms with E-state index in [1.807, 2.05) is 6.07 Å². The Bertz CT molecular complexity index is 812. The predicted octanol–water partition coefficient (Wildman–Crippen LogP) is 3.40. The van der Waals surface area contributed by atoms with E-state index in [0.29, 0.717) is 22.5 Å². The molecule has 7 nitrogen and oxygen atoms in total. The van der Waals surface area contributed by atoms with E-state index in [0.717, 1.165) is 25.7 Å². The minimum Gasteiger partial charge on any atom is -0.365 e. The maximum Gasteiger partial charge on any atom is 0.254 e. The van der Waals surface area contributed by atoms with Gasteiger partial charge in [-0.15, -0.1) is 0 Å². The van der Waals surface area contributed by atoms with Crippen molar-refractivity contribution in [1.82, 2.24) is 9.97 Å². The standard InChI is InChI=1S/C18H21ClN6O/c1-21-14-7-2-3-8-15(14)24-18-22-10-13(16(20)26)17(25-18)23-12-6-4-5-11(19)9-12/h4-6,9-10,14-15H,1-3,7-8H2,(H2,20,26)(H2,22,23,24,25)/t14-,15+/m0/s1. The van der Waals surface area contributed by atoms with Crippen LogP contribution in [-0.4, -0.2) is 34.7 Å². The van der Waals surface area contributed by atoms with Crippen LogP contribution >= 0.6 is 11.6 Å². The summed E-state index contributed by atoms with van der Waals surface area (Å²) in [5.41, 5.74) is 6.36. The number of halogens is 1. The molecule has 0 saturated heterocycles. The van der Waals surface area contributed by atoms with Gasteiger partial charge in [-0.2, -0.15) is 4.98 Å². The van der Waals surface area contributed by atoms with Crippen LogP contribution in [0.25, 0.3) is 0 Å². The van der Waals surface area contributed by atoms with Crippen LogP contribution in [-0.2, 0) is 0 Å². The molecule has 1 heterocycles. The van der Waals surface area contributed by atoms with E-state index < -0.39 is 5.91 Å². The summed E-state index contributed by atoms with van der Waals surface area (Å²) < 4.78 is 0. The number of hydrogen-bond donors (Lipinski definition) is 3. The maximum atomic E-state index is 11.7. The smallest absolute Gasteiger partial charge is 0.254 e. The van der Waals surface area contributed by atoms with Gasteiger partial charge in [0.05, 0.1) is 12.1 Å². The number of aliphatic imine (C=N–C) groups is 1. The molecule has 1 amide bonds. The Balaban J connectivity index is 1.86. The Morgan fingerprint density at radius 1 is 1.35 bits per heavy atom. The first-order valence-electron chi connectivity index (χ1n) is 8.48.